The summed E-state index contributed by atoms with van der Waals surface area (Å²) >= 11 is 0. The first-order valence-corrected chi connectivity index (χ1v) is 6.63. The van der Waals surface area contributed by atoms with Crippen LogP contribution in [0.4, 0.5) is 0 Å². The normalized spacial score (nSPS) is 22.7. The van der Waals surface area contributed by atoms with Crippen molar-refractivity contribution in [3.63, 3.8) is 0 Å². The number of nitrogens with zero attached hydrogens (tertiary/aromatic N) is 2. The predicted octanol–water partition coefficient (Wildman–Crippen LogP) is 2.39. The van der Waals surface area contributed by atoms with Gasteiger partial charge in [-0.15, -0.1) is 0 Å². The summed E-state index contributed by atoms with van der Waals surface area (Å²) < 4.78 is 0. The molecular weight excluding hydrogens is 222 g/mol. The molecule has 2 aromatic rings. The van der Waals surface area contributed by atoms with E-state index in [4.69, 9.17) is 0 Å². The number of aryl methyl sites for hydroxylation is 1. The lowest BCUT2D eigenvalue weighted by atomic mass is 10.00. The first-order valence-electron chi connectivity index (χ1n) is 6.63. The zero-order chi connectivity index (χ0) is 12.7. The molecular formula is C15H21N3. The molecule has 18 heavy (non-hydrogen) atoms. The van der Waals surface area contributed by atoms with Crippen LogP contribution < -0.4 is 0 Å². The molecule has 0 saturated carbocycles. The highest BCUT2D eigenvalue weighted by molar-refractivity contribution is 5.85. The number of benzene rings is 1. The molecule has 2 heterocycles. The van der Waals surface area contributed by atoms with E-state index in [0.29, 0.717) is 6.04 Å². The summed E-state index contributed by atoms with van der Waals surface area (Å²) in [6, 6.07) is 9.12. The fourth-order valence-corrected chi connectivity index (χ4v) is 3.05. The average molecular weight is 243 g/mol. The summed E-state index contributed by atoms with van der Waals surface area (Å²) in [5.74, 6) is 0. The number of hydrogen-bond acceptors (Lipinski definition) is 2. The Labute approximate surface area is 108 Å². The van der Waals surface area contributed by atoms with E-state index in [1.807, 2.05) is 0 Å². The van der Waals surface area contributed by atoms with Gasteiger partial charge in [-0.3, -0.25) is 4.90 Å². The van der Waals surface area contributed by atoms with Crippen molar-refractivity contribution < 1.29 is 0 Å². The van der Waals surface area contributed by atoms with Gasteiger partial charge in [0, 0.05) is 42.3 Å². The molecule has 1 aromatic carbocycles. The van der Waals surface area contributed by atoms with Crippen molar-refractivity contribution >= 4 is 10.9 Å². The van der Waals surface area contributed by atoms with E-state index in [0.717, 1.165) is 19.6 Å². The Bertz CT molecular complexity index is 558. The SMILES string of the molecule is Cc1[nH]c2ccccc2c1C1CN(C)CCN1C. The molecule has 0 aliphatic carbocycles. The molecule has 96 valence electrons. The number of H-pyrrole nitrogens is 1. The van der Waals surface area contributed by atoms with Gasteiger partial charge in [-0.05, 0) is 32.6 Å². The van der Waals surface area contributed by atoms with Gasteiger partial charge in [0.25, 0.3) is 0 Å². The van der Waals surface area contributed by atoms with Crippen LogP contribution in [0.1, 0.15) is 17.3 Å². The van der Waals surface area contributed by atoms with Gasteiger partial charge in [0.1, 0.15) is 0 Å². The zero-order valence-electron chi connectivity index (χ0n) is 11.4. The first-order chi connectivity index (χ1) is 8.66. The molecule has 0 radical (unpaired) electrons. The maximum Gasteiger partial charge on any atom is 0.0496 e. The van der Waals surface area contributed by atoms with Gasteiger partial charge >= 0.3 is 0 Å². The van der Waals surface area contributed by atoms with Gasteiger partial charge in [-0.25, -0.2) is 0 Å². The number of para-hydroxylation sites is 1. The van der Waals surface area contributed by atoms with Gasteiger partial charge < -0.3 is 9.88 Å². The van der Waals surface area contributed by atoms with Crippen LogP contribution in [0.3, 0.4) is 0 Å². The molecule has 1 aliphatic heterocycles. The Balaban J connectivity index is 2.10. The minimum atomic E-state index is 0.500. The lowest BCUT2D eigenvalue weighted by Gasteiger charge is -2.38. The smallest absolute Gasteiger partial charge is 0.0496 e. The van der Waals surface area contributed by atoms with Gasteiger partial charge in [-0.1, -0.05) is 18.2 Å². The minimum Gasteiger partial charge on any atom is -0.358 e. The highest BCUT2D eigenvalue weighted by Gasteiger charge is 2.27. The van der Waals surface area contributed by atoms with Crippen molar-refractivity contribution in [1.82, 2.24) is 14.8 Å². The maximum atomic E-state index is 3.51. The molecule has 3 heteroatoms. The first kappa shape index (κ1) is 11.8. The number of aromatic nitrogens is 1. The van der Waals surface area contributed by atoms with E-state index in [9.17, 15) is 0 Å². The van der Waals surface area contributed by atoms with E-state index >= 15 is 0 Å². The number of likely N-dealkylation sites (N-methyl/N-ethyl adjacent to an activating group) is 2. The third-order valence-corrected chi connectivity index (χ3v) is 4.13. The molecule has 3 nitrogen and oxygen atoms in total. The average Bonchev–Trinajstić information content (AvgIpc) is 2.68. The second-order valence-corrected chi connectivity index (χ2v) is 5.47. The second-order valence-electron chi connectivity index (χ2n) is 5.47. The molecule has 1 aliphatic rings. The standard InChI is InChI=1S/C15H21N3/c1-11-15(12-6-4-5-7-13(12)16-11)14-10-17(2)8-9-18(14)3/h4-7,14,16H,8-10H2,1-3H3. The highest BCUT2D eigenvalue weighted by atomic mass is 15.3. The van der Waals surface area contributed by atoms with Crippen LogP contribution in [0.2, 0.25) is 0 Å². The van der Waals surface area contributed by atoms with Crippen molar-refractivity contribution in [3.05, 3.63) is 35.5 Å². The van der Waals surface area contributed by atoms with E-state index in [1.54, 1.807) is 0 Å². The molecule has 1 atom stereocenters. The summed E-state index contributed by atoms with van der Waals surface area (Å²) in [5.41, 5.74) is 4.04. The summed E-state index contributed by atoms with van der Waals surface area (Å²) in [6.45, 7) is 5.60. The highest BCUT2D eigenvalue weighted by Crippen LogP contribution is 2.32. The molecule has 1 N–H and O–H groups in total. The van der Waals surface area contributed by atoms with Crippen molar-refractivity contribution in [2.24, 2.45) is 0 Å². The van der Waals surface area contributed by atoms with Crippen LogP contribution in [-0.2, 0) is 0 Å². The summed E-state index contributed by atoms with van der Waals surface area (Å²) in [6.07, 6.45) is 0. The Morgan fingerprint density at radius 3 is 2.78 bits per heavy atom. The van der Waals surface area contributed by atoms with Crippen molar-refractivity contribution in [1.29, 1.82) is 0 Å². The van der Waals surface area contributed by atoms with E-state index in [2.05, 4.69) is 60.1 Å². The molecule has 3 rings (SSSR count). The van der Waals surface area contributed by atoms with Crippen LogP contribution >= 0.6 is 0 Å². The van der Waals surface area contributed by atoms with Crippen molar-refractivity contribution in [2.45, 2.75) is 13.0 Å². The fourth-order valence-electron chi connectivity index (χ4n) is 3.05. The molecule has 1 unspecified atom stereocenters. The van der Waals surface area contributed by atoms with E-state index in [-0.39, 0.29) is 0 Å². The van der Waals surface area contributed by atoms with Crippen LogP contribution in [0, 0.1) is 6.92 Å². The van der Waals surface area contributed by atoms with Gasteiger partial charge in [-0.2, -0.15) is 0 Å². The zero-order valence-corrected chi connectivity index (χ0v) is 11.4. The van der Waals surface area contributed by atoms with Crippen molar-refractivity contribution in [2.75, 3.05) is 33.7 Å². The molecule has 1 saturated heterocycles. The summed E-state index contributed by atoms with van der Waals surface area (Å²) in [5, 5.41) is 1.38. The summed E-state index contributed by atoms with van der Waals surface area (Å²) in [7, 11) is 4.45. The third-order valence-electron chi connectivity index (χ3n) is 4.13. The molecule has 0 spiro atoms. The lowest BCUT2D eigenvalue weighted by molar-refractivity contribution is 0.115. The van der Waals surface area contributed by atoms with Crippen LogP contribution in [0.25, 0.3) is 10.9 Å². The molecule has 0 bridgehead atoms. The lowest BCUT2D eigenvalue weighted by Crippen LogP contribution is -2.44. The third kappa shape index (κ3) is 1.84. The van der Waals surface area contributed by atoms with Gasteiger partial charge in [0.15, 0.2) is 0 Å². The van der Waals surface area contributed by atoms with Crippen LogP contribution in [-0.4, -0.2) is 48.5 Å². The fraction of sp³-hybridized carbons (Fsp3) is 0.467. The number of piperazine rings is 1. The summed E-state index contributed by atoms with van der Waals surface area (Å²) in [4.78, 5) is 8.41. The number of rotatable bonds is 1. The number of fused-ring (bicyclic) bond motifs is 1. The number of aromatic amines is 1. The molecule has 1 aromatic heterocycles. The van der Waals surface area contributed by atoms with Crippen LogP contribution in [0.15, 0.2) is 24.3 Å². The Hall–Kier alpha value is -1.32. The van der Waals surface area contributed by atoms with Crippen molar-refractivity contribution in [3.8, 4) is 0 Å². The maximum absolute atomic E-state index is 3.51. The second kappa shape index (κ2) is 4.41. The quantitative estimate of drug-likeness (QED) is 0.831. The topological polar surface area (TPSA) is 22.3 Å². The van der Waals surface area contributed by atoms with Gasteiger partial charge in [0.05, 0.1) is 0 Å². The largest absolute Gasteiger partial charge is 0.358 e. The number of nitrogens with one attached hydrogen (secondary N) is 1. The van der Waals surface area contributed by atoms with Gasteiger partial charge in [0.2, 0.25) is 0 Å². The molecule has 1 fully saturated rings. The van der Waals surface area contributed by atoms with Crippen LogP contribution in [0.5, 0.6) is 0 Å². The molecule has 0 amide bonds. The Morgan fingerprint density at radius 2 is 1.94 bits per heavy atom. The Kier molecular flexibility index (Phi) is 2.88. The van der Waals surface area contributed by atoms with E-state index < -0.39 is 0 Å². The predicted molar refractivity (Wildman–Crippen MR) is 75.9 cm³/mol. The van der Waals surface area contributed by atoms with E-state index in [1.165, 1.54) is 22.2 Å². The Morgan fingerprint density at radius 1 is 1.17 bits per heavy atom. The minimum absolute atomic E-state index is 0.500. The monoisotopic (exact) mass is 243 g/mol. The number of hydrogen-bond donors (Lipinski definition) is 1.